The summed E-state index contributed by atoms with van der Waals surface area (Å²) in [5, 5.41) is 11.4. The van der Waals surface area contributed by atoms with E-state index in [4.69, 9.17) is 17.3 Å². The first-order chi connectivity index (χ1) is 7.95. The van der Waals surface area contributed by atoms with Gasteiger partial charge in [0.2, 0.25) is 0 Å². The van der Waals surface area contributed by atoms with Crippen molar-refractivity contribution in [3.8, 4) is 0 Å². The van der Waals surface area contributed by atoms with Crippen molar-refractivity contribution in [3.63, 3.8) is 0 Å². The van der Waals surface area contributed by atoms with Crippen LogP contribution in [0.1, 0.15) is 38.7 Å². The zero-order chi connectivity index (χ0) is 12.6. The van der Waals surface area contributed by atoms with Gasteiger partial charge in [-0.05, 0) is 30.7 Å². The fraction of sp³-hybridized carbons (Fsp3) is 0.615. The summed E-state index contributed by atoms with van der Waals surface area (Å²) >= 11 is 5.95. The molecule has 1 saturated carbocycles. The second-order valence-electron chi connectivity index (χ2n) is 5.17. The maximum atomic E-state index is 10.9. The molecule has 94 valence electrons. The van der Waals surface area contributed by atoms with E-state index in [1.54, 1.807) is 6.07 Å². The molecule has 0 bridgehead atoms. The van der Waals surface area contributed by atoms with Gasteiger partial charge in [0.15, 0.2) is 0 Å². The second-order valence-corrected chi connectivity index (χ2v) is 5.61. The molecule has 1 aliphatic carbocycles. The molecule has 0 radical (unpaired) electrons. The van der Waals surface area contributed by atoms with Crippen molar-refractivity contribution in [1.82, 2.24) is 4.98 Å². The minimum absolute atomic E-state index is 0.166. The van der Waals surface area contributed by atoms with Gasteiger partial charge in [0.1, 0.15) is 5.82 Å². The Morgan fingerprint density at radius 2 is 2.24 bits per heavy atom. The van der Waals surface area contributed by atoms with E-state index >= 15 is 0 Å². The van der Waals surface area contributed by atoms with Crippen LogP contribution in [-0.4, -0.2) is 10.1 Å². The maximum Gasteiger partial charge on any atom is 0.129 e. The molecule has 0 spiro atoms. The normalized spacial score (nSPS) is 33.6. The van der Waals surface area contributed by atoms with Gasteiger partial charge >= 0.3 is 0 Å². The Kier molecular flexibility index (Phi) is 3.32. The number of aromatic nitrogens is 1. The van der Waals surface area contributed by atoms with Crippen LogP contribution in [0.15, 0.2) is 12.3 Å². The molecule has 1 aliphatic rings. The second kappa shape index (κ2) is 4.46. The minimum atomic E-state index is -0.889. The lowest BCUT2D eigenvalue weighted by molar-refractivity contribution is -0.0684. The number of pyridine rings is 1. The number of rotatable bonds is 1. The molecule has 1 heterocycles. The standard InChI is InChI=1S/C13H19ClN2O/c1-8-4-3-5-13(17,9(8)2)11-6-10(14)7-16-12(11)15/h6-9,17H,3-5H2,1-2H3,(H2,15,16). The van der Waals surface area contributed by atoms with Crippen LogP contribution in [0.25, 0.3) is 0 Å². The van der Waals surface area contributed by atoms with Crippen LogP contribution in [0.2, 0.25) is 5.02 Å². The molecule has 0 aliphatic heterocycles. The predicted octanol–water partition coefficient (Wildman–Crippen LogP) is 2.96. The molecule has 3 unspecified atom stereocenters. The lowest BCUT2D eigenvalue weighted by atomic mass is 9.67. The first-order valence-electron chi connectivity index (χ1n) is 6.09. The monoisotopic (exact) mass is 254 g/mol. The summed E-state index contributed by atoms with van der Waals surface area (Å²) in [4.78, 5) is 4.04. The zero-order valence-electron chi connectivity index (χ0n) is 10.3. The smallest absolute Gasteiger partial charge is 0.129 e. The van der Waals surface area contributed by atoms with Gasteiger partial charge in [0.05, 0.1) is 10.6 Å². The number of nitrogen functional groups attached to an aromatic ring is 1. The highest BCUT2D eigenvalue weighted by Crippen LogP contribution is 2.46. The largest absolute Gasteiger partial charge is 0.385 e. The van der Waals surface area contributed by atoms with E-state index < -0.39 is 5.60 Å². The van der Waals surface area contributed by atoms with E-state index in [9.17, 15) is 5.11 Å². The van der Waals surface area contributed by atoms with Gasteiger partial charge in [0, 0.05) is 11.8 Å². The molecule has 3 atom stereocenters. The molecule has 0 amide bonds. The van der Waals surface area contributed by atoms with Crippen LogP contribution in [0.5, 0.6) is 0 Å². The molecule has 4 heteroatoms. The third-order valence-electron chi connectivity index (χ3n) is 4.18. The lowest BCUT2D eigenvalue weighted by Gasteiger charge is -2.42. The molecule has 2 rings (SSSR count). The van der Waals surface area contributed by atoms with Crippen LogP contribution >= 0.6 is 11.6 Å². The van der Waals surface area contributed by atoms with Crippen LogP contribution < -0.4 is 5.73 Å². The summed E-state index contributed by atoms with van der Waals surface area (Å²) in [6.45, 7) is 4.24. The molecule has 1 fully saturated rings. The summed E-state index contributed by atoms with van der Waals surface area (Å²) in [6.07, 6.45) is 4.40. The van der Waals surface area contributed by atoms with Gasteiger partial charge in [0.25, 0.3) is 0 Å². The molecular formula is C13H19ClN2O. The van der Waals surface area contributed by atoms with Crippen LogP contribution in [-0.2, 0) is 5.60 Å². The average Bonchev–Trinajstić information content (AvgIpc) is 2.29. The summed E-state index contributed by atoms with van der Waals surface area (Å²) in [5.74, 6) is 1.03. The Labute approximate surface area is 107 Å². The van der Waals surface area contributed by atoms with Crippen LogP contribution in [0, 0.1) is 11.8 Å². The van der Waals surface area contributed by atoms with E-state index in [2.05, 4.69) is 18.8 Å². The van der Waals surface area contributed by atoms with Gasteiger partial charge in [-0.3, -0.25) is 0 Å². The maximum absolute atomic E-state index is 10.9. The molecule has 1 aromatic rings. The van der Waals surface area contributed by atoms with E-state index in [1.165, 1.54) is 6.20 Å². The Morgan fingerprint density at radius 3 is 2.94 bits per heavy atom. The third-order valence-corrected chi connectivity index (χ3v) is 4.38. The topological polar surface area (TPSA) is 59.1 Å². The van der Waals surface area contributed by atoms with Gasteiger partial charge in [-0.15, -0.1) is 0 Å². The van der Waals surface area contributed by atoms with Crippen molar-refractivity contribution >= 4 is 17.4 Å². The summed E-state index contributed by atoms with van der Waals surface area (Å²) in [7, 11) is 0. The van der Waals surface area contributed by atoms with Gasteiger partial charge in [-0.2, -0.15) is 0 Å². The number of nitrogens with two attached hydrogens (primary N) is 1. The number of hydrogen-bond acceptors (Lipinski definition) is 3. The molecular weight excluding hydrogens is 236 g/mol. The van der Waals surface area contributed by atoms with E-state index in [1.807, 2.05) is 0 Å². The molecule has 3 nitrogen and oxygen atoms in total. The lowest BCUT2D eigenvalue weighted by Crippen LogP contribution is -2.41. The van der Waals surface area contributed by atoms with E-state index in [-0.39, 0.29) is 5.92 Å². The van der Waals surface area contributed by atoms with Crippen molar-refractivity contribution in [2.75, 3.05) is 5.73 Å². The number of aliphatic hydroxyl groups is 1. The highest BCUT2D eigenvalue weighted by molar-refractivity contribution is 6.30. The number of anilines is 1. The van der Waals surface area contributed by atoms with Crippen molar-refractivity contribution in [3.05, 3.63) is 22.8 Å². The molecule has 0 saturated heterocycles. The highest BCUT2D eigenvalue weighted by Gasteiger charge is 2.42. The third kappa shape index (κ3) is 2.14. The quantitative estimate of drug-likeness (QED) is 0.810. The summed E-state index contributed by atoms with van der Waals surface area (Å²) < 4.78 is 0. The van der Waals surface area contributed by atoms with Gasteiger partial charge in [-0.1, -0.05) is 31.9 Å². The van der Waals surface area contributed by atoms with E-state index in [0.717, 1.165) is 19.3 Å². The first-order valence-corrected chi connectivity index (χ1v) is 6.47. The summed E-state index contributed by atoms with van der Waals surface area (Å²) in [5.41, 5.74) is 5.68. The molecule has 0 aromatic carbocycles. The number of hydrogen-bond donors (Lipinski definition) is 2. The van der Waals surface area contributed by atoms with Gasteiger partial charge in [-0.25, -0.2) is 4.98 Å². The molecule has 17 heavy (non-hydrogen) atoms. The number of halogens is 1. The fourth-order valence-electron chi connectivity index (χ4n) is 2.82. The Balaban J connectivity index is 2.46. The van der Waals surface area contributed by atoms with Crippen molar-refractivity contribution in [2.24, 2.45) is 11.8 Å². The zero-order valence-corrected chi connectivity index (χ0v) is 11.0. The fourth-order valence-corrected chi connectivity index (χ4v) is 2.98. The first kappa shape index (κ1) is 12.7. The molecule has 1 aromatic heterocycles. The molecule has 3 N–H and O–H groups in total. The van der Waals surface area contributed by atoms with E-state index in [0.29, 0.717) is 22.3 Å². The average molecular weight is 255 g/mol. The van der Waals surface area contributed by atoms with Crippen LogP contribution in [0.4, 0.5) is 5.82 Å². The summed E-state index contributed by atoms with van der Waals surface area (Å²) in [6, 6.07) is 1.75. The minimum Gasteiger partial charge on any atom is -0.385 e. The van der Waals surface area contributed by atoms with Crippen molar-refractivity contribution in [1.29, 1.82) is 0 Å². The Bertz CT molecular complexity index is 424. The number of nitrogens with zero attached hydrogens (tertiary/aromatic N) is 1. The van der Waals surface area contributed by atoms with Gasteiger partial charge < -0.3 is 10.8 Å². The van der Waals surface area contributed by atoms with Crippen molar-refractivity contribution in [2.45, 2.75) is 38.7 Å². The van der Waals surface area contributed by atoms with Crippen LogP contribution in [0.3, 0.4) is 0 Å². The predicted molar refractivity (Wildman–Crippen MR) is 69.7 cm³/mol. The Hall–Kier alpha value is -0.800. The Morgan fingerprint density at radius 1 is 1.53 bits per heavy atom. The van der Waals surface area contributed by atoms with Crippen molar-refractivity contribution < 1.29 is 5.11 Å². The SMILES string of the molecule is CC1CCCC(O)(c2cc(Cl)cnc2N)C1C. The highest BCUT2D eigenvalue weighted by atomic mass is 35.5.